The number of thiophene rings is 1. The molecule has 0 radical (unpaired) electrons. The molecule has 0 saturated heterocycles. The first kappa shape index (κ1) is 15.0. The topological polar surface area (TPSA) is 37.8 Å². The number of aromatic nitrogens is 2. The highest BCUT2D eigenvalue weighted by atomic mass is 32.1. The first-order chi connectivity index (χ1) is 10.1. The minimum Gasteiger partial charge on any atom is -0.323 e. The number of hydrogen-bond donors (Lipinski definition) is 1. The zero-order chi connectivity index (χ0) is 15.0. The molecule has 0 spiro atoms. The molecule has 0 aliphatic heterocycles. The Bertz CT molecular complexity index is 769. The number of nitrogens with one attached hydrogen (secondary N) is 1. The molecular formula is C16H22N2OS2. The lowest BCUT2D eigenvalue weighted by atomic mass is 9.89. The van der Waals surface area contributed by atoms with E-state index in [1.54, 1.807) is 15.9 Å². The van der Waals surface area contributed by atoms with Gasteiger partial charge in [0.2, 0.25) is 0 Å². The molecule has 2 heterocycles. The maximum absolute atomic E-state index is 12.8. The predicted molar refractivity (Wildman–Crippen MR) is 92.0 cm³/mol. The van der Waals surface area contributed by atoms with Gasteiger partial charge >= 0.3 is 0 Å². The number of nitrogens with zero attached hydrogens (tertiary/aromatic N) is 1. The Morgan fingerprint density at radius 3 is 3.00 bits per heavy atom. The van der Waals surface area contributed by atoms with Crippen molar-refractivity contribution in [1.29, 1.82) is 0 Å². The Kier molecular flexibility index (Phi) is 4.31. The maximum atomic E-state index is 12.8. The molecule has 21 heavy (non-hydrogen) atoms. The van der Waals surface area contributed by atoms with E-state index in [9.17, 15) is 4.79 Å². The van der Waals surface area contributed by atoms with Crippen LogP contribution in [-0.2, 0) is 19.4 Å². The molecule has 1 aliphatic carbocycles. The summed E-state index contributed by atoms with van der Waals surface area (Å²) in [5, 5.41) is 0.909. The van der Waals surface area contributed by atoms with E-state index in [1.807, 2.05) is 0 Å². The number of aromatic amines is 1. The second-order valence-electron chi connectivity index (χ2n) is 6.15. The normalized spacial score (nSPS) is 18.1. The Labute approximate surface area is 134 Å². The molecule has 3 rings (SSSR count). The van der Waals surface area contributed by atoms with E-state index >= 15 is 0 Å². The number of hydrogen-bond acceptors (Lipinski definition) is 3. The average Bonchev–Trinajstić information content (AvgIpc) is 2.79. The molecule has 3 nitrogen and oxygen atoms in total. The van der Waals surface area contributed by atoms with E-state index in [-0.39, 0.29) is 5.56 Å². The summed E-state index contributed by atoms with van der Waals surface area (Å²) in [4.78, 5) is 18.5. The predicted octanol–water partition coefficient (Wildman–Crippen LogP) is 4.44. The molecule has 1 atom stereocenters. The highest BCUT2D eigenvalue weighted by Crippen LogP contribution is 2.35. The lowest BCUT2D eigenvalue weighted by Gasteiger charge is -2.17. The van der Waals surface area contributed by atoms with Gasteiger partial charge in [-0.05, 0) is 49.4 Å². The molecular weight excluding hydrogens is 300 g/mol. The van der Waals surface area contributed by atoms with Gasteiger partial charge in [0.25, 0.3) is 5.56 Å². The summed E-state index contributed by atoms with van der Waals surface area (Å²) in [7, 11) is 0. The molecule has 0 aromatic carbocycles. The molecule has 0 saturated carbocycles. The van der Waals surface area contributed by atoms with Crippen LogP contribution in [0.2, 0.25) is 0 Å². The summed E-state index contributed by atoms with van der Waals surface area (Å²) in [5.41, 5.74) is 1.41. The van der Waals surface area contributed by atoms with Crippen molar-refractivity contribution in [2.24, 2.45) is 5.92 Å². The van der Waals surface area contributed by atoms with Gasteiger partial charge in [0.15, 0.2) is 4.77 Å². The highest BCUT2D eigenvalue weighted by Gasteiger charge is 2.23. The fraction of sp³-hybridized carbons (Fsp3) is 0.625. The van der Waals surface area contributed by atoms with Gasteiger partial charge in [-0.3, -0.25) is 9.36 Å². The van der Waals surface area contributed by atoms with Gasteiger partial charge in [0.1, 0.15) is 4.83 Å². The van der Waals surface area contributed by atoms with Gasteiger partial charge in [-0.2, -0.15) is 0 Å². The standard InChI is InChI=1S/C16H22N2OS2/c1-3-4-5-8-18-15(19)13-11-7-6-10(2)9-12(11)21-14(13)17-16(18)20/h10H,3-9H2,1-2H3,(H,17,20)/t10-/m0/s1. The summed E-state index contributed by atoms with van der Waals surface area (Å²) < 4.78 is 2.34. The van der Waals surface area contributed by atoms with Crippen molar-refractivity contribution in [2.75, 3.05) is 0 Å². The van der Waals surface area contributed by atoms with Crippen molar-refractivity contribution in [3.8, 4) is 0 Å². The van der Waals surface area contributed by atoms with Gasteiger partial charge in [-0.1, -0.05) is 26.7 Å². The molecule has 1 aliphatic rings. The number of H-pyrrole nitrogens is 1. The summed E-state index contributed by atoms with van der Waals surface area (Å²) in [5.74, 6) is 0.723. The van der Waals surface area contributed by atoms with Crippen LogP contribution in [0.25, 0.3) is 10.2 Å². The van der Waals surface area contributed by atoms with Gasteiger partial charge < -0.3 is 4.98 Å². The van der Waals surface area contributed by atoms with E-state index in [0.717, 1.165) is 54.8 Å². The monoisotopic (exact) mass is 322 g/mol. The second-order valence-corrected chi connectivity index (χ2v) is 7.64. The minimum absolute atomic E-state index is 0.122. The molecule has 114 valence electrons. The Hall–Kier alpha value is -0.940. The van der Waals surface area contributed by atoms with Crippen molar-refractivity contribution < 1.29 is 0 Å². The van der Waals surface area contributed by atoms with Gasteiger partial charge in [-0.25, -0.2) is 0 Å². The Balaban J connectivity index is 2.11. The first-order valence-electron chi connectivity index (χ1n) is 7.89. The van der Waals surface area contributed by atoms with Crippen LogP contribution >= 0.6 is 23.6 Å². The third-order valence-electron chi connectivity index (χ3n) is 4.42. The molecule has 2 aromatic heterocycles. The number of unbranched alkanes of at least 4 members (excludes halogenated alkanes) is 2. The summed E-state index contributed by atoms with van der Waals surface area (Å²) in [6.07, 6.45) is 6.63. The van der Waals surface area contributed by atoms with Gasteiger partial charge in [0, 0.05) is 11.4 Å². The third kappa shape index (κ3) is 2.73. The fourth-order valence-electron chi connectivity index (χ4n) is 3.18. The highest BCUT2D eigenvalue weighted by molar-refractivity contribution is 7.71. The van der Waals surface area contributed by atoms with Crippen LogP contribution in [0.4, 0.5) is 0 Å². The summed E-state index contributed by atoms with van der Waals surface area (Å²) in [6.45, 7) is 5.20. The van der Waals surface area contributed by atoms with Crippen LogP contribution in [0.1, 0.15) is 50.0 Å². The van der Waals surface area contributed by atoms with E-state index < -0.39 is 0 Å². The SMILES string of the molecule is CCCCCn1c(=S)[nH]c2sc3c(c2c1=O)CC[C@H](C)C3. The van der Waals surface area contributed by atoms with Crippen LogP contribution in [-0.4, -0.2) is 9.55 Å². The lowest BCUT2D eigenvalue weighted by molar-refractivity contribution is 0.508. The van der Waals surface area contributed by atoms with Crippen molar-refractivity contribution in [3.63, 3.8) is 0 Å². The van der Waals surface area contributed by atoms with E-state index in [4.69, 9.17) is 12.2 Å². The van der Waals surface area contributed by atoms with Crippen LogP contribution in [0.3, 0.4) is 0 Å². The van der Waals surface area contributed by atoms with Crippen molar-refractivity contribution in [1.82, 2.24) is 9.55 Å². The van der Waals surface area contributed by atoms with Crippen LogP contribution in [0, 0.1) is 10.7 Å². The van der Waals surface area contributed by atoms with E-state index in [0.29, 0.717) is 4.77 Å². The number of fused-ring (bicyclic) bond motifs is 3. The molecule has 2 aromatic rings. The Morgan fingerprint density at radius 2 is 2.24 bits per heavy atom. The van der Waals surface area contributed by atoms with Crippen LogP contribution < -0.4 is 5.56 Å². The number of rotatable bonds is 4. The smallest absolute Gasteiger partial charge is 0.263 e. The number of aryl methyl sites for hydroxylation is 1. The average molecular weight is 322 g/mol. The third-order valence-corrected chi connectivity index (χ3v) is 5.91. The van der Waals surface area contributed by atoms with Crippen molar-refractivity contribution in [2.45, 2.75) is 58.9 Å². The van der Waals surface area contributed by atoms with E-state index in [2.05, 4.69) is 18.8 Å². The zero-order valence-electron chi connectivity index (χ0n) is 12.7. The largest absolute Gasteiger partial charge is 0.323 e. The fourth-order valence-corrected chi connectivity index (χ4v) is 4.92. The van der Waals surface area contributed by atoms with Crippen LogP contribution in [0.15, 0.2) is 4.79 Å². The van der Waals surface area contributed by atoms with Crippen LogP contribution in [0.5, 0.6) is 0 Å². The quantitative estimate of drug-likeness (QED) is 0.667. The van der Waals surface area contributed by atoms with Crippen molar-refractivity contribution >= 4 is 33.8 Å². The van der Waals surface area contributed by atoms with Gasteiger partial charge in [-0.15, -0.1) is 11.3 Å². The zero-order valence-corrected chi connectivity index (χ0v) is 14.3. The van der Waals surface area contributed by atoms with Crippen molar-refractivity contribution in [3.05, 3.63) is 25.6 Å². The molecule has 0 unspecified atom stereocenters. The lowest BCUT2D eigenvalue weighted by Crippen LogP contribution is -2.23. The molecule has 1 N–H and O–H groups in total. The van der Waals surface area contributed by atoms with E-state index in [1.165, 1.54) is 16.9 Å². The maximum Gasteiger partial charge on any atom is 0.263 e. The molecule has 0 fully saturated rings. The molecule has 0 amide bonds. The first-order valence-corrected chi connectivity index (χ1v) is 9.11. The summed E-state index contributed by atoms with van der Waals surface area (Å²) in [6, 6.07) is 0. The Morgan fingerprint density at radius 1 is 1.43 bits per heavy atom. The summed E-state index contributed by atoms with van der Waals surface area (Å²) >= 11 is 7.13. The molecule has 5 heteroatoms. The minimum atomic E-state index is 0.122. The second kappa shape index (κ2) is 6.05. The van der Waals surface area contributed by atoms with Gasteiger partial charge in [0.05, 0.1) is 5.39 Å². The molecule has 0 bridgehead atoms.